The molecule has 2 rings (SSSR count). The van der Waals surface area contributed by atoms with E-state index in [1.54, 1.807) is 13.8 Å². The molecule has 2 atom stereocenters. The predicted molar refractivity (Wildman–Crippen MR) is 87.9 cm³/mol. The van der Waals surface area contributed by atoms with Crippen LogP contribution in [-0.4, -0.2) is 23.5 Å². The molecule has 1 heterocycles. The van der Waals surface area contributed by atoms with Gasteiger partial charge in [-0.15, -0.1) is 0 Å². The maximum atomic E-state index is 12.2. The Morgan fingerprint density at radius 1 is 1.43 bits per heavy atom. The second kappa shape index (κ2) is 7.42. The first kappa shape index (κ1) is 17.2. The first-order valence-electron chi connectivity index (χ1n) is 8.09. The zero-order chi connectivity index (χ0) is 17.0. The average molecular weight is 316 g/mol. The maximum absolute atomic E-state index is 12.2. The summed E-state index contributed by atoms with van der Waals surface area (Å²) < 4.78 is 0. The number of hydrogen-bond acceptors (Lipinski definition) is 4. The van der Waals surface area contributed by atoms with Crippen LogP contribution >= 0.6 is 0 Å². The molecule has 0 aliphatic heterocycles. The summed E-state index contributed by atoms with van der Waals surface area (Å²) in [6, 6.07) is 2.11. The summed E-state index contributed by atoms with van der Waals surface area (Å²) in [7, 11) is 0. The lowest BCUT2D eigenvalue weighted by molar-refractivity contribution is -0.122. The van der Waals surface area contributed by atoms with Crippen molar-refractivity contribution >= 4 is 5.91 Å². The number of aryl methyl sites for hydroxylation is 1. The normalized spacial score (nSPS) is 20.3. The number of carbonyl (C=O) groups is 1. The number of nitrogens with zero attached hydrogens (tertiary/aromatic N) is 1. The predicted octanol–water partition coefficient (Wildman–Crippen LogP) is 1.04. The molecule has 0 bridgehead atoms. The molecular formula is C17H24N4O2. The number of rotatable bonds is 5. The fraction of sp³-hybridized carbons (Fsp3) is 0.588. The lowest BCUT2D eigenvalue weighted by Gasteiger charge is -2.19. The molecule has 6 heteroatoms. The van der Waals surface area contributed by atoms with Gasteiger partial charge in [0.1, 0.15) is 11.6 Å². The number of amides is 1. The van der Waals surface area contributed by atoms with Gasteiger partial charge in [0.15, 0.2) is 0 Å². The largest absolute Gasteiger partial charge is 0.353 e. The van der Waals surface area contributed by atoms with Crippen molar-refractivity contribution in [3.63, 3.8) is 0 Å². The second-order valence-corrected chi connectivity index (χ2v) is 6.27. The molecule has 4 N–H and O–H groups in total. The van der Waals surface area contributed by atoms with Crippen molar-refractivity contribution in [1.29, 1.82) is 5.26 Å². The number of aromatic nitrogens is 1. The van der Waals surface area contributed by atoms with E-state index in [-0.39, 0.29) is 23.1 Å². The van der Waals surface area contributed by atoms with E-state index in [9.17, 15) is 9.59 Å². The Balaban J connectivity index is 2.02. The van der Waals surface area contributed by atoms with Gasteiger partial charge >= 0.3 is 0 Å². The van der Waals surface area contributed by atoms with Crippen molar-refractivity contribution in [1.82, 2.24) is 10.3 Å². The van der Waals surface area contributed by atoms with Crippen LogP contribution in [0, 0.1) is 31.1 Å². The quantitative estimate of drug-likeness (QED) is 0.753. The molecule has 0 spiro atoms. The van der Waals surface area contributed by atoms with Gasteiger partial charge in [-0.3, -0.25) is 9.59 Å². The molecule has 1 saturated carbocycles. The van der Waals surface area contributed by atoms with Crippen LogP contribution in [0.4, 0.5) is 0 Å². The van der Waals surface area contributed by atoms with Crippen molar-refractivity contribution in [2.45, 2.75) is 52.0 Å². The summed E-state index contributed by atoms with van der Waals surface area (Å²) in [5.74, 6) is 0.375. The Kier molecular flexibility index (Phi) is 5.56. The van der Waals surface area contributed by atoms with E-state index in [4.69, 9.17) is 11.0 Å². The Bertz CT molecular complexity index is 687. The maximum Gasteiger partial charge on any atom is 0.266 e. The van der Waals surface area contributed by atoms with Gasteiger partial charge in [0, 0.05) is 18.2 Å². The molecule has 124 valence electrons. The van der Waals surface area contributed by atoms with Gasteiger partial charge in [0.25, 0.3) is 5.56 Å². The number of H-pyrrole nitrogens is 1. The van der Waals surface area contributed by atoms with Crippen LogP contribution in [0.25, 0.3) is 0 Å². The first-order chi connectivity index (χ1) is 11.0. The molecule has 2 unspecified atom stereocenters. The first-order valence-corrected chi connectivity index (χ1v) is 8.09. The second-order valence-electron chi connectivity index (χ2n) is 6.27. The van der Waals surface area contributed by atoms with E-state index >= 15 is 0 Å². The monoisotopic (exact) mass is 316 g/mol. The van der Waals surface area contributed by atoms with Crippen LogP contribution in [-0.2, 0) is 11.2 Å². The zero-order valence-electron chi connectivity index (χ0n) is 13.7. The number of carbonyl (C=O) groups excluding carboxylic acids is 1. The summed E-state index contributed by atoms with van der Waals surface area (Å²) in [6.07, 6.45) is 4.02. The van der Waals surface area contributed by atoms with E-state index in [0.29, 0.717) is 30.9 Å². The van der Waals surface area contributed by atoms with E-state index in [0.717, 1.165) is 30.5 Å². The van der Waals surface area contributed by atoms with Gasteiger partial charge < -0.3 is 16.0 Å². The Hall–Kier alpha value is -2.13. The number of nitrogens with one attached hydrogen (secondary N) is 2. The summed E-state index contributed by atoms with van der Waals surface area (Å²) in [6.45, 7) is 4.16. The number of pyridine rings is 1. The third-order valence-electron chi connectivity index (χ3n) is 4.83. The van der Waals surface area contributed by atoms with Crippen LogP contribution in [0.15, 0.2) is 4.79 Å². The van der Waals surface area contributed by atoms with Gasteiger partial charge in [-0.2, -0.15) is 5.26 Å². The molecular weight excluding hydrogens is 292 g/mol. The van der Waals surface area contributed by atoms with Crippen molar-refractivity contribution in [3.8, 4) is 6.07 Å². The zero-order valence-corrected chi connectivity index (χ0v) is 13.7. The minimum absolute atomic E-state index is 0.00106. The van der Waals surface area contributed by atoms with Crippen molar-refractivity contribution < 1.29 is 4.79 Å². The number of nitriles is 1. The van der Waals surface area contributed by atoms with Crippen LogP contribution in [0.1, 0.15) is 48.1 Å². The highest BCUT2D eigenvalue weighted by Gasteiger charge is 2.27. The van der Waals surface area contributed by atoms with Crippen LogP contribution in [0.2, 0.25) is 0 Å². The van der Waals surface area contributed by atoms with Crippen molar-refractivity contribution in [2.75, 3.05) is 6.54 Å². The third kappa shape index (κ3) is 3.80. The number of aromatic amines is 1. The summed E-state index contributed by atoms with van der Waals surface area (Å²) >= 11 is 0. The minimum atomic E-state index is -0.368. The van der Waals surface area contributed by atoms with Crippen molar-refractivity contribution in [3.05, 3.63) is 32.7 Å². The van der Waals surface area contributed by atoms with Crippen molar-refractivity contribution in [2.24, 2.45) is 11.7 Å². The molecule has 6 nitrogen and oxygen atoms in total. The highest BCUT2D eigenvalue weighted by molar-refractivity contribution is 5.76. The number of hydrogen-bond donors (Lipinski definition) is 3. The fourth-order valence-corrected chi connectivity index (χ4v) is 3.45. The highest BCUT2D eigenvalue weighted by atomic mass is 16.1. The fourth-order valence-electron chi connectivity index (χ4n) is 3.45. The molecule has 1 aromatic rings. The number of nitrogens with two attached hydrogens (primary N) is 1. The smallest absolute Gasteiger partial charge is 0.266 e. The standard InChI is InChI=1S/C17H24N4O2/c1-10-13(11(2)20-17(23)14(10)9-19)6-7-16(22)21-15-5-3-4-12(15)8-18/h12,15H,3-8,18H2,1-2H3,(H,20,23)(H,21,22). The van der Waals surface area contributed by atoms with Crippen LogP contribution < -0.4 is 16.6 Å². The molecule has 23 heavy (non-hydrogen) atoms. The topological polar surface area (TPSA) is 112 Å². The molecule has 0 aromatic carbocycles. The van der Waals surface area contributed by atoms with Gasteiger partial charge in [-0.25, -0.2) is 0 Å². The Morgan fingerprint density at radius 2 is 2.17 bits per heavy atom. The molecule has 0 radical (unpaired) electrons. The summed E-state index contributed by atoms with van der Waals surface area (Å²) in [4.78, 5) is 26.6. The summed E-state index contributed by atoms with van der Waals surface area (Å²) in [5, 5.41) is 12.2. The Labute approximate surface area is 136 Å². The van der Waals surface area contributed by atoms with Gasteiger partial charge in [-0.05, 0) is 56.7 Å². The lowest BCUT2D eigenvalue weighted by atomic mass is 9.98. The Morgan fingerprint density at radius 3 is 2.83 bits per heavy atom. The van der Waals surface area contributed by atoms with Gasteiger partial charge in [0.2, 0.25) is 5.91 Å². The minimum Gasteiger partial charge on any atom is -0.353 e. The summed E-state index contributed by atoms with van der Waals surface area (Å²) in [5.41, 5.74) is 7.76. The lowest BCUT2D eigenvalue weighted by Crippen LogP contribution is -2.40. The van der Waals surface area contributed by atoms with E-state index in [1.807, 2.05) is 6.07 Å². The van der Waals surface area contributed by atoms with E-state index in [2.05, 4.69) is 10.3 Å². The highest BCUT2D eigenvalue weighted by Crippen LogP contribution is 2.24. The molecule has 0 saturated heterocycles. The van der Waals surface area contributed by atoms with Crippen LogP contribution in [0.3, 0.4) is 0 Å². The van der Waals surface area contributed by atoms with Crippen LogP contribution in [0.5, 0.6) is 0 Å². The van der Waals surface area contributed by atoms with E-state index in [1.165, 1.54) is 0 Å². The molecule has 1 aromatic heterocycles. The van der Waals surface area contributed by atoms with Gasteiger partial charge in [0.05, 0.1) is 0 Å². The third-order valence-corrected chi connectivity index (χ3v) is 4.83. The molecule has 1 aliphatic carbocycles. The molecule has 1 aliphatic rings. The van der Waals surface area contributed by atoms with E-state index < -0.39 is 0 Å². The SMILES string of the molecule is Cc1[nH]c(=O)c(C#N)c(C)c1CCC(=O)NC1CCCC1CN. The van der Waals surface area contributed by atoms with Gasteiger partial charge in [-0.1, -0.05) is 6.42 Å². The molecule has 1 fully saturated rings. The average Bonchev–Trinajstić information content (AvgIpc) is 2.94. The molecule has 1 amide bonds.